The maximum atomic E-state index is 6.19. The molecule has 0 bridgehead atoms. The smallest absolute Gasteiger partial charge is 0.404 e. The maximum Gasteiger partial charge on any atom is 0.405 e. The Kier molecular flexibility index (Phi) is 3.83. The first-order chi connectivity index (χ1) is 13.6. The van der Waals surface area contributed by atoms with Gasteiger partial charge in [-0.1, -0.05) is 42.4 Å². The zero-order chi connectivity index (χ0) is 19.3. The highest BCUT2D eigenvalue weighted by molar-refractivity contribution is 6.69. The maximum absolute atomic E-state index is 6.19. The molecule has 0 amide bonds. The van der Waals surface area contributed by atoms with Crippen LogP contribution in [0.3, 0.4) is 0 Å². The van der Waals surface area contributed by atoms with Crippen LogP contribution in [0.15, 0.2) is 71.3 Å². The van der Waals surface area contributed by atoms with Gasteiger partial charge in [0.15, 0.2) is 0 Å². The van der Waals surface area contributed by atoms with Crippen LogP contribution in [0.1, 0.15) is 11.1 Å². The highest BCUT2D eigenvalue weighted by atomic mass is 16.4. The van der Waals surface area contributed by atoms with E-state index in [1.165, 1.54) is 16.7 Å². The lowest BCUT2D eigenvalue weighted by molar-refractivity contribution is -0.657. The first kappa shape index (κ1) is 16.8. The first-order valence-corrected chi connectivity index (χ1v) is 9.54. The Bertz CT molecular complexity index is 1210. The summed E-state index contributed by atoms with van der Waals surface area (Å²) in [4.78, 5) is 6.65. The zero-order valence-corrected chi connectivity index (χ0v) is 16.3. The second-order valence-corrected chi connectivity index (χ2v) is 7.35. The second-order valence-electron chi connectivity index (χ2n) is 7.35. The molecule has 28 heavy (non-hydrogen) atoms. The third-order valence-electron chi connectivity index (χ3n) is 5.44. The van der Waals surface area contributed by atoms with Crippen molar-refractivity contribution in [3.8, 4) is 11.1 Å². The van der Waals surface area contributed by atoms with Gasteiger partial charge in [-0.3, -0.25) is 4.81 Å². The molecule has 0 atom stereocenters. The van der Waals surface area contributed by atoms with Crippen LogP contribution < -0.4 is 9.38 Å². The molecule has 1 aromatic carbocycles. The molecular formula is C23H21BN3O+. The van der Waals surface area contributed by atoms with Gasteiger partial charge in [0.2, 0.25) is 5.71 Å². The number of fused-ring (bicyclic) bond motifs is 3. The summed E-state index contributed by atoms with van der Waals surface area (Å²) < 4.78 is 8.36. The Hall–Kier alpha value is -3.34. The van der Waals surface area contributed by atoms with Crippen molar-refractivity contribution in [2.45, 2.75) is 13.7 Å². The number of hydrogen-bond acceptors (Lipinski definition) is 3. The Morgan fingerprint density at radius 2 is 1.93 bits per heavy atom. The molecule has 0 saturated heterocycles. The van der Waals surface area contributed by atoms with Crippen LogP contribution in [0.2, 0.25) is 6.82 Å². The molecule has 5 heteroatoms. The van der Waals surface area contributed by atoms with E-state index in [4.69, 9.17) is 4.42 Å². The largest absolute Gasteiger partial charge is 0.405 e. The van der Waals surface area contributed by atoms with Gasteiger partial charge in [0.1, 0.15) is 0 Å². The van der Waals surface area contributed by atoms with Gasteiger partial charge in [0.25, 0.3) is 11.7 Å². The fraction of sp³-hybridized carbons (Fsp3) is 0.130. The van der Waals surface area contributed by atoms with Gasteiger partial charge in [-0.25, -0.2) is 9.55 Å². The van der Waals surface area contributed by atoms with E-state index in [-0.39, 0.29) is 6.85 Å². The number of pyridine rings is 2. The Balaban J connectivity index is 1.68. The zero-order valence-electron chi connectivity index (χ0n) is 16.3. The minimum Gasteiger partial charge on any atom is -0.404 e. The summed E-state index contributed by atoms with van der Waals surface area (Å²) in [5.74, 6) is 4.16. The Morgan fingerprint density at radius 3 is 2.75 bits per heavy atom. The summed E-state index contributed by atoms with van der Waals surface area (Å²) in [5.41, 5.74) is 5.46. The Morgan fingerprint density at radius 1 is 1.11 bits per heavy atom. The molecule has 5 rings (SSSR count). The fourth-order valence-electron chi connectivity index (χ4n) is 3.99. The summed E-state index contributed by atoms with van der Waals surface area (Å²) in [6.07, 6.45) is 6.12. The minimum atomic E-state index is 0.182. The van der Waals surface area contributed by atoms with Crippen molar-refractivity contribution in [2.24, 2.45) is 7.05 Å². The molecular weight excluding hydrogens is 345 g/mol. The van der Waals surface area contributed by atoms with E-state index in [1.807, 2.05) is 12.1 Å². The summed E-state index contributed by atoms with van der Waals surface area (Å²) in [6, 6.07) is 16.8. The molecule has 4 heterocycles. The van der Waals surface area contributed by atoms with Crippen molar-refractivity contribution in [3.05, 3.63) is 78.0 Å². The molecule has 0 aliphatic carbocycles. The van der Waals surface area contributed by atoms with Crippen LogP contribution in [0.25, 0.3) is 28.3 Å². The van der Waals surface area contributed by atoms with Crippen molar-refractivity contribution in [2.75, 3.05) is 4.81 Å². The number of anilines is 2. The van der Waals surface area contributed by atoms with Crippen LogP contribution >= 0.6 is 0 Å². The van der Waals surface area contributed by atoms with E-state index >= 15 is 0 Å². The van der Waals surface area contributed by atoms with Gasteiger partial charge in [0.05, 0.1) is 24.2 Å². The highest BCUT2D eigenvalue weighted by Gasteiger charge is 2.37. The number of furan rings is 1. The molecule has 3 aromatic heterocycles. The average Bonchev–Trinajstić information content (AvgIpc) is 3.09. The second kappa shape index (κ2) is 6.38. The van der Waals surface area contributed by atoms with Crippen LogP contribution in [0.5, 0.6) is 0 Å². The van der Waals surface area contributed by atoms with Crippen molar-refractivity contribution < 1.29 is 8.98 Å². The van der Waals surface area contributed by atoms with Gasteiger partial charge in [0, 0.05) is 17.8 Å². The van der Waals surface area contributed by atoms with Gasteiger partial charge >= 0.3 is 6.85 Å². The molecule has 4 aromatic rings. The van der Waals surface area contributed by atoms with Gasteiger partial charge in [-0.15, -0.1) is 0 Å². The summed E-state index contributed by atoms with van der Waals surface area (Å²) >= 11 is 0. The van der Waals surface area contributed by atoms with Crippen molar-refractivity contribution >= 4 is 35.7 Å². The molecule has 0 N–H and O–H groups in total. The SMILES string of the molecule is CB1C=Cc2c(oc3ncccc23)N1c1cc(C)c(-c2ccccc2)c[n+]1C. The third-order valence-corrected chi connectivity index (χ3v) is 5.44. The minimum absolute atomic E-state index is 0.182. The lowest BCUT2D eigenvalue weighted by atomic mass is 9.61. The van der Waals surface area contributed by atoms with Crippen molar-refractivity contribution in [1.82, 2.24) is 4.98 Å². The van der Waals surface area contributed by atoms with Crippen LogP contribution in [0.4, 0.5) is 11.7 Å². The summed E-state index contributed by atoms with van der Waals surface area (Å²) in [5, 5.41) is 1.05. The molecule has 0 radical (unpaired) electrons. The number of aromatic nitrogens is 2. The van der Waals surface area contributed by atoms with E-state index in [1.54, 1.807) is 6.20 Å². The molecule has 4 nitrogen and oxygen atoms in total. The van der Waals surface area contributed by atoms with Gasteiger partial charge < -0.3 is 4.42 Å². The lowest BCUT2D eigenvalue weighted by Gasteiger charge is -2.23. The van der Waals surface area contributed by atoms with E-state index in [2.05, 4.69) is 89.8 Å². The van der Waals surface area contributed by atoms with Gasteiger partial charge in [-0.05, 0) is 37.0 Å². The van der Waals surface area contributed by atoms with Crippen molar-refractivity contribution in [1.29, 1.82) is 0 Å². The number of hydrogen-bond donors (Lipinski definition) is 0. The van der Waals surface area contributed by atoms with E-state index in [0.717, 1.165) is 22.7 Å². The standard InChI is InChI=1S/C23H21BN3O/c1-16-14-21(26(3)15-20(16)17-8-5-4-6-9-17)27-23-19(11-12-24(27)2)18-10-7-13-25-22(18)28-23/h4-15H,1-3H3/q+1. The van der Waals surface area contributed by atoms with Crippen LogP contribution in [0, 0.1) is 6.92 Å². The average molecular weight is 366 g/mol. The first-order valence-electron chi connectivity index (χ1n) is 9.54. The third kappa shape index (κ3) is 2.54. The lowest BCUT2D eigenvalue weighted by Crippen LogP contribution is -2.43. The molecule has 0 unspecified atom stereocenters. The number of benzene rings is 1. The van der Waals surface area contributed by atoms with E-state index in [9.17, 15) is 0 Å². The molecule has 136 valence electrons. The predicted octanol–water partition coefficient (Wildman–Crippen LogP) is 4.95. The van der Waals surface area contributed by atoms with E-state index in [0.29, 0.717) is 5.71 Å². The van der Waals surface area contributed by atoms with Crippen molar-refractivity contribution in [3.63, 3.8) is 0 Å². The Labute approximate surface area is 164 Å². The normalized spacial score (nSPS) is 13.2. The topological polar surface area (TPSA) is 33.2 Å². The number of rotatable bonds is 2. The molecule has 0 spiro atoms. The molecule has 1 aliphatic rings. The van der Waals surface area contributed by atoms with E-state index < -0.39 is 0 Å². The molecule has 1 aliphatic heterocycles. The van der Waals surface area contributed by atoms with Crippen LogP contribution in [-0.4, -0.2) is 11.8 Å². The monoisotopic (exact) mass is 366 g/mol. The van der Waals surface area contributed by atoms with Gasteiger partial charge in [-0.2, -0.15) is 0 Å². The predicted molar refractivity (Wildman–Crippen MR) is 115 cm³/mol. The summed E-state index contributed by atoms with van der Waals surface area (Å²) in [7, 11) is 2.09. The number of nitrogens with zero attached hydrogens (tertiary/aromatic N) is 3. The molecule has 0 saturated carbocycles. The highest BCUT2D eigenvalue weighted by Crippen LogP contribution is 2.39. The number of aryl methyl sites for hydroxylation is 2. The fourth-order valence-corrected chi connectivity index (χ4v) is 3.99. The van der Waals surface area contributed by atoms with Crippen LogP contribution in [-0.2, 0) is 7.05 Å². The quantitative estimate of drug-likeness (QED) is 0.372. The summed E-state index contributed by atoms with van der Waals surface area (Å²) in [6.45, 7) is 4.53. The molecule has 0 fully saturated rings.